The molecule has 0 bridgehead atoms. The van der Waals surface area contributed by atoms with Crippen LogP contribution < -0.4 is 0 Å². The van der Waals surface area contributed by atoms with E-state index >= 15 is 0 Å². The Kier molecular flexibility index (Phi) is 4.47. The zero-order valence-electron chi connectivity index (χ0n) is 13.6. The summed E-state index contributed by atoms with van der Waals surface area (Å²) < 4.78 is 5.38. The van der Waals surface area contributed by atoms with Gasteiger partial charge in [0.25, 0.3) is 0 Å². The molecule has 5 nitrogen and oxygen atoms in total. The molecule has 4 rings (SSSR count). The van der Waals surface area contributed by atoms with Crippen molar-refractivity contribution in [3.63, 3.8) is 0 Å². The molecule has 0 aromatic carbocycles. The molecule has 0 N–H and O–H groups in total. The summed E-state index contributed by atoms with van der Waals surface area (Å²) in [6.45, 7) is 1.61. The molecule has 0 spiro atoms. The smallest absolute Gasteiger partial charge is 0.246 e. The van der Waals surface area contributed by atoms with Crippen LogP contribution in [0.15, 0.2) is 28.1 Å². The predicted octanol–water partition coefficient (Wildman–Crippen LogP) is 3.50. The molecule has 1 saturated carbocycles. The SMILES string of the molecule is O=C(/C=C/c1cccs1)N1CCCC(Cc2nc(C3CC3)no2)C1. The van der Waals surface area contributed by atoms with Crippen LogP contribution in [0.3, 0.4) is 0 Å². The molecule has 1 unspecified atom stereocenters. The van der Waals surface area contributed by atoms with Crippen LogP contribution in [0, 0.1) is 5.92 Å². The minimum absolute atomic E-state index is 0.0947. The summed E-state index contributed by atoms with van der Waals surface area (Å²) in [5.41, 5.74) is 0. The van der Waals surface area contributed by atoms with Gasteiger partial charge in [-0.25, -0.2) is 0 Å². The van der Waals surface area contributed by atoms with Crippen LogP contribution in [-0.2, 0) is 11.2 Å². The number of hydrogen-bond donors (Lipinski definition) is 0. The number of amides is 1. The van der Waals surface area contributed by atoms with E-state index in [9.17, 15) is 4.79 Å². The topological polar surface area (TPSA) is 59.2 Å². The maximum atomic E-state index is 12.4. The first-order valence-electron chi connectivity index (χ1n) is 8.61. The summed E-state index contributed by atoms with van der Waals surface area (Å²) in [5, 5.41) is 6.09. The lowest BCUT2D eigenvalue weighted by molar-refractivity contribution is -0.127. The monoisotopic (exact) mass is 343 g/mol. The fourth-order valence-corrected chi connectivity index (χ4v) is 3.80. The molecular weight excluding hydrogens is 322 g/mol. The highest BCUT2D eigenvalue weighted by Crippen LogP contribution is 2.38. The Hall–Kier alpha value is -1.95. The maximum Gasteiger partial charge on any atom is 0.246 e. The number of carbonyl (C=O) groups is 1. The molecule has 1 saturated heterocycles. The van der Waals surface area contributed by atoms with Crippen molar-refractivity contribution in [3.05, 3.63) is 40.2 Å². The van der Waals surface area contributed by atoms with Crippen molar-refractivity contribution in [3.8, 4) is 0 Å². The van der Waals surface area contributed by atoms with E-state index in [2.05, 4.69) is 10.1 Å². The third kappa shape index (κ3) is 3.75. The molecule has 126 valence electrons. The van der Waals surface area contributed by atoms with Gasteiger partial charge in [-0.15, -0.1) is 11.3 Å². The second kappa shape index (κ2) is 6.89. The molecule has 2 aliphatic rings. The molecule has 1 aliphatic carbocycles. The Bertz CT molecular complexity index is 718. The summed E-state index contributed by atoms with van der Waals surface area (Å²) in [7, 11) is 0. The van der Waals surface area contributed by atoms with Crippen LogP contribution in [0.5, 0.6) is 0 Å². The van der Waals surface area contributed by atoms with Gasteiger partial charge in [-0.05, 0) is 49.1 Å². The highest BCUT2D eigenvalue weighted by Gasteiger charge is 2.30. The molecular formula is C18H21N3O2S. The van der Waals surface area contributed by atoms with Gasteiger partial charge in [0.1, 0.15) is 0 Å². The van der Waals surface area contributed by atoms with E-state index in [1.807, 2.05) is 28.5 Å². The van der Waals surface area contributed by atoms with E-state index in [0.29, 0.717) is 11.8 Å². The molecule has 2 aromatic heterocycles. The van der Waals surface area contributed by atoms with Crippen LogP contribution in [0.4, 0.5) is 0 Å². The quantitative estimate of drug-likeness (QED) is 0.780. The number of nitrogens with zero attached hydrogens (tertiary/aromatic N) is 3. The van der Waals surface area contributed by atoms with Crippen LogP contribution in [0.2, 0.25) is 0 Å². The maximum absolute atomic E-state index is 12.4. The third-order valence-corrected chi connectivity index (χ3v) is 5.49. The summed E-state index contributed by atoms with van der Waals surface area (Å²) in [6.07, 6.45) is 8.87. The van der Waals surface area contributed by atoms with E-state index < -0.39 is 0 Å². The lowest BCUT2D eigenvalue weighted by Gasteiger charge is -2.31. The van der Waals surface area contributed by atoms with Crippen molar-refractivity contribution in [1.29, 1.82) is 0 Å². The zero-order chi connectivity index (χ0) is 16.4. The molecule has 2 aromatic rings. The Morgan fingerprint density at radius 1 is 1.42 bits per heavy atom. The molecule has 6 heteroatoms. The molecule has 1 atom stereocenters. The summed E-state index contributed by atoms with van der Waals surface area (Å²) >= 11 is 1.64. The van der Waals surface area contributed by atoms with E-state index in [0.717, 1.165) is 48.9 Å². The van der Waals surface area contributed by atoms with Gasteiger partial charge in [0, 0.05) is 36.4 Å². The van der Waals surface area contributed by atoms with Gasteiger partial charge >= 0.3 is 0 Å². The first-order chi connectivity index (χ1) is 11.8. The zero-order valence-corrected chi connectivity index (χ0v) is 14.4. The number of carbonyl (C=O) groups excluding carboxylic acids is 1. The van der Waals surface area contributed by atoms with E-state index in [-0.39, 0.29) is 5.91 Å². The van der Waals surface area contributed by atoms with Crippen LogP contribution in [0.25, 0.3) is 6.08 Å². The number of thiophene rings is 1. The number of piperidine rings is 1. The van der Waals surface area contributed by atoms with Crippen LogP contribution in [0.1, 0.15) is 48.2 Å². The third-order valence-electron chi connectivity index (χ3n) is 4.65. The summed E-state index contributed by atoms with van der Waals surface area (Å²) in [6, 6.07) is 4.01. The Morgan fingerprint density at radius 2 is 2.33 bits per heavy atom. The lowest BCUT2D eigenvalue weighted by Crippen LogP contribution is -2.39. The second-order valence-electron chi connectivity index (χ2n) is 6.67. The van der Waals surface area contributed by atoms with Gasteiger partial charge in [0.2, 0.25) is 11.8 Å². The average molecular weight is 343 g/mol. The van der Waals surface area contributed by atoms with Crippen LogP contribution >= 0.6 is 11.3 Å². The largest absolute Gasteiger partial charge is 0.339 e. The number of rotatable bonds is 5. The number of hydrogen-bond acceptors (Lipinski definition) is 5. The first-order valence-corrected chi connectivity index (χ1v) is 9.49. The lowest BCUT2D eigenvalue weighted by atomic mass is 9.94. The Labute approximate surface area is 145 Å². The fourth-order valence-electron chi connectivity index (χ4n) is 3.18. The minimum atomic E-state index is 0.0947. The summed E-state index contributed by atoms with van der Waals surface area (Å²) in [5.74, 6) is 2.62. The fraction of sp³-hybridized carbons (Fsp3) is 0.500. The van der Waals surface area contributed by atoms with Crippen molar-refractivity contribution in [2.75, 3.05) is 13.1 Å². The standard InChI is InChI=1S/C18H21N3O2S/c22-17(8-7-15-4-2-10-24-15)21-9-1-3-13(12-21)11-16-19-18(20-23-16)14-5-6-14/h2,4,7-8,10,13-14H,1,3,5-6,9,11-12H2/b8-7+. The van der Waals surface area contributed by atoms with Gasteiger partial charge in [0.05, 0.1) is 0 Å². The number of likely N-dealkylation sites (tertiary alicyclic amines) is 1. The normalized spacial score (nSPS) is 21.5. The van der Waals surface area contributed by atoms with E-state index in [1.165, 1.54) is 12.8 Å². The highest BCUT2D eigenvalue weighted by molar-refractivity contribution is 7.10. The highest BCUT2D eigenvalue weighted by atomic mass is 32.1. The van der Waals surface area contributed by atoms with Crippen molar-refractivity contribution < 1.29 is 9.32 Å². The average Bonchev–Trinajstić information content (AvgIpc) is 3.12. The summed E-state index contributed by atoms with van der Waals surface area (Å²) in [4.78, 5) is 19.9. The van der Waals surface area contributed by atoms with Gasteiger partial charge in [-0.1, -0.05) is 11.2 Å². The number of aromatic nitrogens is 2. The molecule has 24 heavy (non-hydrogen) atoms. The molecule has 3 heterocycles. The van der Waals surface area contributed by atoms with Gasteiger partial charge < -0.3 is 9.42 Å². The molecule has 0 radical (unpaired) electrons. The first kappa shape index (κ1) is 15.6. The molecule has 1 amide bonds. The minimum Gasteiger partial charge on any atom is -0.339 e. The van der Waals surface area contributed by atoms with Crippen LogP contribution in [-0.4, -0.2) is 34.0 Å². The van der Waals surface area contributed by atoms with Gasteiger partial charge in [0.15, 0.2) is 5.82 Å². The Balaban J connectivity index is 1.33. The van der Waals surface area contributed by atoms with Crippen molar-refractivity contribution in [2.24, 2.45) is 5.92 Å². The molecule has 1 aliphatic heterocycles. The van der Waals surface area contributed by atoms with E-state index in [4.69, 9.17) is 4.52 Å². The van der Waals surface area contributed by atoms with Gasteiger partial charge in [-0.3, -0.25) is 4.79 Å². The van der Waals surface area contributed by atoms with Crippen molar-refractivity contribution in [1.82, 2.24) is 15.0 Å². The van der Waals surface area contributed by atoms with Crippen molar-refractivity contribution in [2.45, 2.75) is 38.0 Å². The predicted molar refractivity (Wildman–Crippen MR) is 92.6 cm³/mol. The van der Waals surface area contributed by atoms with Crippen molar-refractivity contribution >= 4 is 23.3 Å². The molecule has 2 fully saturated rings. The van der Waals surface area contributed by atoms with Gasteiger partial charge in [-0.2, -0.15) is 4.98 Å². The Morgan fingerprint density at radius 3 is 3.12 bits per heavy atom. The van der Waals surface area contributed by atoms with E-state index in [1.54, 1.807) is 17.4 Å². The second-order valence-corrected chi connectivity index (χ2v) is 7.65.